The Morgan fingerprint density at radius 1 is 1.24 bits per heavy atom. The van der Waals surface area contributed by atoms with Crippen LogP contribution in [0, 0.1) is 12.7 Å². The number of hydrogen-bond donors (Lipinski definition) is 1. The van der Waals surface area contributed by atoms with Crippen LogP contribution in [0.15, 0.2) is 41.3 Å². The lowest BCUT2D eigenvalue weighted by Crippen LogP contribution is -2.36. The van der Waals surface area contributed by atoms with Gasteiger partial charge in [0.25, 0.3) is 10.0 Å². The van der Waals surface area contributed by atoms with Crippen molar-refractivity contribution >= 4 is 27.3 Å². The average molecular weight is 364 g/mol. The Balaban J connectivity index is 1.96. The van der Waals surface area contributed by atoms with Gasteiger partial charge in [0.15, 0.2) is 0 Å². The van der Waals surface area contributed by atoms with Crippen molar-refractivity contribution in [3.63, 3.8) is 0 Å². The fourth-order valence-corrected chi connectivity index (χ4v) is 3.63. The zero-order chi connectivity index (χ0) is 18.2. The molecule has 1 amide bonds. The van der Waals surface area contributed by atoms with Gasteiger partial charge in [0.05, 0.1) is 22.8 Å². The summed E-state index contributed by atoms with van der Waals surface area (Å²) in [5.41, 5.74) is 0.947. The van der Waals surface area contributed by atoms with E-state index in [1.807, 2.05) is 0 Å². The number of anilines is 2. The van der Waals surface area contributed by atoms with Crippen LogP contribution in [0.2, 0.25) is 0 Å². The number of rotatable bonds is 3. The van der Waals surface area contributed by atoms with Crippen molar-refractivity contribution in [1.29, 1.82) is 0 Å². The van der Waals surface area contributed by atoms with Gasteiger partial charge in [-0.1, -0.05) is 6.07 Å². The van der Waals surface area contributed by atoms with E-state index in [2.05, 4.69) is 4.72 Å². The van der Waals surface area contributed by atoms with E-state index in [1.165, 1.54) is 42.2 Å². The van der Waals surface area contributed by atoms with Gasteiger partial charge in [0, 0.05) is 6.92 Å². The molecule has 0 unspecified atom stereocenters. The van der Waals surface area contributed by atoms with Crippen LogP contribution in [0.3, 0.4) is 0 Å². The van der Waals surface area contributed by atoms with Crippen molar-refractivity contribution < 1.29 is 22.3 Å². The van der Waals surface area contributed by atoms with Crippen LogP contribution < -0.4 is 14.4 Å². The Kier molecular flexibility index (Phi) is 4.38. The summed E-state index contributed by atoms with van der Waals surface area (Å²) in [7, 11) is -3.94. The quantitative estimate of drug-likeness (QED) is 0.909. The molecule has 0 saturated heterocycles. The van der Waals surface area contributed by atoms with Crippen LogP contribution in [-0.2, 0) is 14.8 Å². The van der Waals surface area contributed by atoms with Crippen molar-refractivity contribution in [3.8, 4) is 5.75 Å². The maximum absolute atomic E-state index is 13.6. The molecular weight excluding hydrogens is 347 g/mol. The summed E-state index contributed by atoms with van der Waals surface area (Å²) < 4.78 is 46.6. The van der Waals surface area contributed by atoms with Gasteiger partial charge in [-0.2, -0.15) is 0 Å². The van der Waals surface area contributed by atoms with E-state index in [1.54, 1.807) is 6.92 Å². The fraction of sp³-hybridized carbons (Fsp3) is 0.235. The summed E-state index contributed by atoms with van der Waals surface area (Å²) in [6.07, 6.45) is 0. The van der Waals surface area contributed by atoms with Gasteiger partial charge in [-0.15, -0.1) is 0 Å². The zero-order valence-electron chi connectivity index (χ0n) is 13.7. The monoisotopic (exact) mass is 364 g/mol. The zero-order valence-corrected chi connectivity index (χ0v) is 14.6. The van der Waals surface area contributed by atoms with E-state index in [0.717, 1.165) is 6.07 Å². The Hall–Kier alpha value is -2.61. The number of amides is 1. The minimum atomic E-state index is -3.94. The van der Waals surface area contributed by atoms with Gasteiger partial charge >= 0.3 is 0 Å². The molecule has 1 N–H and O–H groups in total. The Bertz CT molecular complexity index is 944. The third-order valence-corrected chi connectivity index (χ3v) is 5.29. The topological polar surface area (TPSA) is 75.7 Å². The molecular formula is C17H17FN2O4S. The number of fused-ring (bicyclic) bond motifs is 1. The number of sulfonamides is 1. The fourth-order valence-electron chi connectivity index (χ4n) is 2.56. The summed E-state index contributed by atoms with van der Waals surface area (Å²) in [5, 5.41) is 0. The van der Waals surface area contributed by atoms with Gasteiger partial charge in [-0.3, -0.25) is 9.52 Å². The Labute approximate surface area is 145 Å². The summed E-state index contributed by atoms with van der Waals surface area (Å²) in [6.45, 7) is 3.69. The van der Waals surface area contributed by atoms with Crippen molar-refractivity contribution in [2.45, 2.75) is 18.7 Å². The normalized spacial score (nSPS) is 13.8. The Morgan fingerprint density at radius 2 is 2.00 bits per heavy atom. The molecule has 2 aromatic rings. The maximum Gasteiger partial charge on any atom is 0.261 e. The number of aryl methyl sites for hydroxylation is 1. The maximum atomic E-state index is 13.6. The van der Waals surface area contributed by atoms with Crippen LogP contribution in [0.4, 0.5) is 15.8 Å². The molecule has 0 aromatic heterocycles. The second-order valence-corrected chi connectivity index (χ2v) is 7.40. The number of hydrogen-bond acceptors (Lipinski definition) is 4. The number of carbonyl (C=O) groups excluding carboxylic acids is 1. The highest BCUT2D eigenvalue weighted by Crippen LogP contribution is 2.34. The number of benzene rings is 2. The summed E-state index contributed by atoms with van der Waals surface area (Å²) in [5.74, 6) is -0.253. The predicted octanol–water partition coefficient (Wildman–Crippen LogP) is 2.68. The highest BCUT2D eigenvalue weighted by Gasteiger charge is 2.24. The van der Waals surface area contributed by atoms with E-state index >= 15 is 0 Å². The SMILES string of the molecule is CC(=O)N1CCOc2ccc(S(=O)(=O)Nc3ccc(C)c(F)c3)cc21. The van der Waals surface area contributed by atoms with Gasteiger partial charge in [0.1, 0.15) is 18.2 Å². The Morgan fingerprint density at radius 3 is 2.68 bits per heavy atom. The molecule has 25 heavy (non-hydrogen) atoms. The first-order valence-corrected chi connectivity index (χ1v) is 9.10. The van der Waals surface area contributed by atoms with E-state index < -0.39 is 15.8 Å². The van der Waals surface area contributed by atoms with Crippen LogP contribution in [0.1, 0.15) is 12.5 Å². The number of carbonyl (C=O) groups is 1. The van der Waals surface area contributed by atoms with Crippen molar-refractivity contribution in [3.05, 3.63) is 47.8 Å². The van der Waals surface area contributed by atoms with Crippen LogP contribution in [-0.4, -0.2) is 27.5 Å². The van der Waals surface area contributed by atoms with Gasteiger partial charge in [0.2, 0.25) is 5.91 Å². The van der Waals surface area contributed by atoms with E-state index in [0.29, 0.717) is 30.2 Å². The molecule has 0 atom stereocenters. The lowest BCUT2D eigenvalue weighted by molar-refractivity contribution is -0.116. The number of nitrogens with zero attached hydrogens (tertiary/aromatic N) is 1. The molecule has 8 heteroatoms. The summed E-state index contributed by atoms with van der Waals surface area (Å²) in [4.78, 5) is 13.2. The van der Waals surface area contributed by atoms with Crippen molar-refractivity contribution in [1.82, 2.24) is 0 Å². The molecule has 132 valence electrons. The highest BCUT2D eigenvalue weighted by atomic mass is 32.2. The molecule has 0 fully saturated rings. The van der Waals surface area contributed by atoms with Crippen LogP contribution in [0.5, 0.6) is 5.75 Å². The molecule has 1 heterocycles. The van der Waals surface area contributed by atoms with E-state index in [-0.39, 0.29) is 16.5 Å². The predicted molar refractivity (Wildman–Crippen MR) is 91.9 cm³/mol. The largest absolute Gasteiger partial charge is 0.490 e. The van der Waals surface area contributed by atoms with Crippen molar-refractivity contribution in [2.75, 3.05) is 22.8 Å². The second kappa shape index (κ2) is 6.36. The van der Waals surface area contributed by atoms with E-state index in [4.69, 9.17) is 4.74 Å². The molecule has 1 aliphatic rings. The molecule has 0 spiro atoms. The third kappa shape index (κ3) is 3.43. The van der Waals surface area contributed by atoms with Crippen molar-refractivity contribution in [2.24, 2.45) is 0 Å². The molecule has 2 aromatic carbocycles. The van der Waals surface area contributed by atoms with Gasteiger partial charge in [-0.05, 0) is 42.8 Å². The van der Waals surface area contributed by atoms with Crippen LogP contribution in [0.25, 0.3) is 0 Å². The van der Waals surface area contributed by atoms with Gasteiger partial charge < -0.3 is 9.64 Å². The molecule has 0 aliphatic carbocycles. The standard InChI is InChI=1S/C17H17FN2O4S/c1-11-3-4-13(9-15(11)18)19-25(22,23)14-5-6-17-16(10-14)20(12(2)21)7-8-24-17/h3-6,9-10,19H,7-8H2,1-2H3. The minimum Gasteiger partial charge on any atom is -0.490 e. The first-order valence-electron chi connectivity index (χ1n) is 7.62. The third-order valence-electron chi connectivity index (χ3n) is 3.91. The summed E-state index contributed by atoms with van der Waals surface area (Å²) in [6, 6.07) is 8.37. The molecule has 0 radical (unpaired) electrons. The number of nitrogens with one attached hydrogen (secondary N) is 1. The molecule has 0 bridgehead atoms. The first kappa shape index (κ1) is 17.2. The molecule has 0 saturated carbocycles. The average Bonchev–Trinajstić information content (AvgIpc) is 2.56. The number of ether oxygens (including phenoxy) is 1. The smallest absolute Gasteiger partial charge is 0.261 e. The number of halogens is 1. The van der Waals surface area contributed by atoms with E-state index in [9.17, 15) is 17.6 Å². The summed E-state index contributed by atoms with van der Waals surface area (Å²) >= 11 is 0. The van der Waals surface area contributed by atoms with Crippen LogP contribution >= 0.6 is 0 Å². The molecule has 1 aliphatic heterocycles. The van der Waals surface area contributed by atoms with Gasteiger partial charge in [-0.25, -0.2) is 12.8 Å². The molecule has 3 rings (SSSR count). The molecule has 6 nitrogen and oxygen atoms in total. The second-order valence-electron chi connectivity index (χ2n) is 5.72. The minimum absolute atomic E-state index is 0.0380. The first-order chi connectivity index (χ1) is 11.8. The highest BCUT2D eigenvalue weighted by molar-refractivity contribution is 7.92. The lowest BCUT2D eigenvalue weighted by atomic mass is 10.2. The lowest BCUT2D eigenvalue weighted by Gasteiger charge is -2.29.